The highest BCUT2D eigenvalue weighted by Crippen LogP contribution is 2.23. The number of unbranched alkanes of at least 4 members (excludes halogenated alkanes) is 30. The van der Waals surface area contributed by atoms with Crippen molar-refractivity contribution in [3.8, 4) is 0 Å². The lowest BCUT2D eigenvalue weighted by atomic mass is 9.99. The van der Waals surface area contributed by atoms with Gasteiger partial charge in [-0.3, -0.25) is 4.79 Å². The fraction of sp³-hybridized carbons (Fsp3) is 0.757. The number of carbonyl (C=O) groups excluding carboxylic acids is 1. The van der Waals surface area contributed by atoms with E-state index in [4.69, 9.17) is 9.47 Å². The second-order valence-electron chi connectivity index (χ2n) is 22.5. The maximum Gasteiger partial charge on any atom is 0.220 e. The van der Waals surface area contributed by atoms with Gasteiger partial charge in [0.1, 0.15) is 24.4 Å². The largest absolute Gasteiger partial charge is 0.394 e. The van der Waals surface area contributed by atoms with E-state index < -0.39 is 49.5 Å². The van der Waals surface area contributed by atoms with Gasteiger partial charge in [0, 0.05) is 6.42 Å². The molecule has 1 aliphatic heterocycles. The molecular weight excluding hydrogens is 983 g/mol. The molecule has 1 saturated heterocycles. The van der Waals surface area contributed by atoms with E-state index in [0.29, 0.717) is 12.8 Å². The molecule has 0 bridgehead atoms. The highest BCUT2D eigenvalue weighted by Gasteiger charge is 2.44. The maximum atomic E-state index is 13.1. The zero-order valence-corrected chi connectivity index (χ0v) is 50.9. The van der Waals surface area contributed by atoms with Gasteiger partial charge in [-0.15, -0.1) is 0 Å². The summed E-state index contributed by atoms with van der Waals surface area (Å²) >= 11 is 0. The van der Waals surface area contributed by atoms with Crippen LogP contribution in [-0.2, 0) is 14.3 Å². The normalized spacial score (nSPS) is 19.2. The van der Waals surface area contributed by atoms with E-state index in [0.717, 1.165) is 103 Å². The molecule has 1 rings (SSSR count). The first-order valence-electron chi connectivity index (χ1n) is 32.9. The summed E-state index contributed by atoms with van der Waals surface area (Å²) in [6.45, 7) is 3.74. The number of aliphatic hydroxyl groups excluding tert-OH is 5. The van der Waals surface area contributed by atoms with E-state index in [1.54, 1.807) is 0 Å². The first-order chi connectivity index (χ1) is 38.8. The van der Waals surface area contributed by atoms with Crippen molar-refractivity contribution in [2.75, 3.05) is 13.2 Å². The summed E-state index contributed by atoms with van der Waals surface area (Å²) in [5, 5.41) is 54.9. The van der Waals surface area contributed by atoms with Crippen LogP contribution in [0, 0.1) is 0 Å². The Morgan fingerprint density at radius 1 is 0.443 bits per heavy atom. The lowest BCUT2D eigenvalue weighted by Gasteiger charge is -2.40. The van der Waals surface area contributed by atoms with Gasteiger partial charge in [-0.2, -0.15) is 0 Å². The third-order valence-corrected chi connectivity index (χ3v) is 15.2. The molecule has 7 unspecified atom stereocenters. The zero-order chi connectivity index (χ0) is 57.2. The molecule has 0 aromatic heterocycles. The molecule has 1 aliphatic rings. The molecular formula is C70H123NO8. The number of rotatable bonds is 56. The Kier molecular flexibility index (Phi) is 54.7. The number of carbonyl (C=O) groups is 1. The molecule has 456 valence electrons. The van der Waals surface area contributed by atoms with Crippen LogP contribution < -0.4 is 5.32 Å². The Hall–Kier alpha value is -2.89. The molecule has 1 heterocycles. The highest BCUT2D eigenvalue weighted by atomic mass is 16.7. The number of ether oxygens (including phenoxy) is 2. The lowest BCUT2D eigenvalue weighted by molar-refractivity contribution is -0.302. The second-order valence-corrected chi connectivity index (χ2v) is 22.5. The first-order valence-corrected chi connectivity index (χ1v) is 32.9. The highest BCUT2D eigenvalue weighted by molar-refractivity contribution is 5.76. The topological polar surface area (TPSA) is 149 Å². The fourth-order valence-corrected chi connectivity index (χ4v) is 10.1. The van der Waals surface area contributed by atoms with Crippen LogP contribution >= 0.6 is 0 Å². The number of nitrogens with one attached hydrogen (secondary N) is 1. The van der Waals surface area contributed by atoms with Crippen LogP contribution in [-0.4, -0.2) is 87.5 Å². The summed E-state index contributed by atoms with van der Waals surface area (Å²) in [5.74, 6) is -0.153. The van der Waals surface area contributed by atoms with Crippen molar-refractivity contribution < 1.29 is 39.8 Å². The van der Waals surface area contributed by atoms with Gasteiger partial charge in [0.05, 0.1) is 25.4 Å². The van der Waals surface area contributed by atoms with Gasteiger partial charge in [-0.1, -0.05) is 297 Å². The SMILES string of the molecule is CC/C=C\C/C=C\C/C=C\C/C=C\C/C=C\C/C=C\C/C=C\C/C=C\CCCCCCCCCCC(=O)NC(COC1OC(CO)C(O)C(O)C1O)C(O)CCCCCCCCCCCCCCCCCCCCCCCCC. The Bertz CT molecular complexity index is 1560. The van der Waals surface area contributed by atoms with Crippen LogP contribution in [0.2, 0.25) is 0 Å². The van der Waals surface area contributed by atoms with Crippen molar-refractivity contribution in [2.45, 2.75) is 326 Å². The molecule has 0 spiro atoms. The van der Waals surface area contributed by atoms with Gasteiger partial charge in [0.25, 0.3) is 0 Å². The summed E-state index contributed by atoms with van der Waals surface area (Å²) < 4.78 is 11.3. The molecule has 0 radical (unpaired) electrons. The van der Waals surface area contributed by atoms with E-state index in [2.05, 4.69) is 116 Å². The monoisotopic (exact) mass is 1110 g/mol. The number of hydrogen-bond acceptors (Lipinski definition) is 8. The van der Waals surface area contributed by atoms with Crippen LogP contribution in [0.15, 0.2) is 97.2 Å². The van der Waals surface area contributed by atoms with E-state index >= 15 is 0 Å². The summed E-state index contributed by atoms with van der Waals surface area (Å²) in [6, 6.07) is -0.732. The molecule has 9 nitrogen and oxygen atoms in total. The standard InChI is InChI=1S/C70H123NO8/c1-3-5-7-9-11-13-15-17-19-21-23-25-27-28-29-30-31-32-33-34-35-36-38-40-42-44-46-48-50-52-54-56-58-60-66(74)71-63(62-78-70-69(77)68(76)67(75)65(61-72)79-70)64(73)59-57-55-53-51-49-47-45-43-41-39-37-26-24-22-20-18-16-14-12-10-8-6-4-2/h5,7,11,13,17,19,23,25,28-29,31-32,34-35,38,40,63-65,67-70,72-73,75-77H,3-4,6,8-10,12,14-16,18,20-22,24,26-27,30,33,36-37,39,41-62H2,1-2H3,(H,71,74)/b7-5-,13-11-,19-17-,25-23-,29-28-,32-31-,35-34-,40-38-. The molecule has 6 N–H and O–H groups in total. The molecule has 7 atom stereocenters. The third kappa shape index (κ3) is 47.3. The first kappa shape index (κ1) is 74.1. The number of hydrogen-bond donors (Lipinski definition) is 6. The maximum absolute atomic E-state index is 13.1. The van der Waals surface area contributed by atoms with Crippen molar-refractivity contribution >= 4 is 5.91 Å². The molecule has 1 fully saturated rings. The Morgan fingerprint density at radius 3 is 1.16 bits per heavy atom. The smallest absolute Gasteiger partial charge is 0.220 e. The molecule has 0 aliphatic carbocycles. The van der Waals surface area contributed by atoms with Gasteiger partial charge in [0.15, 0.2) is 6.29 Å². The lowest BCUT2D eigenvalue weighted by Crippen LogP contribution is -2.60. The third-order valence-electron chi connectivity index (χ3n) is 15.2. The molecule has 1 amide bonds. The van der Waals surface area contributed by atoms with Gasteiger partial charge < -0.3 is 40.3 Å². The zero-order valence-electron chi connectivity index (χ0n) is 50.9. The fourth-order valence-electron chi connectivity index (χ4n) is 10.1. The average molecular weight is 1110 g/mol. The average Bonchev–Trinajstić information content (AvgIpc) is 3.47. The predicted molar refractivity (Wildman–Crippen MR) is 336 cm³/mol. The molecule has 0 saturated carbocycles. The van der Waals surface area contributed by atoms with E-state index in [1.165, 1.54) is 154 Å². The van der Waals surface area contributed by atoms with Crippen LogP contribution in [0.1, 0.15) is 284 Å². The Balaban J connectivity index is 2.18. The van der Waals surface area contributed by atoms with Crippen LogP contribution in [0.4, 0.5) is 0 Å². The van der Waals surface area contributed by atoms with Crippen molar-refractivity contribution in [3.05, 3.63) is 97.2 Å². The summed E-state index contributed by atoms with van der Waals surface area (Å²) in [5.41, 5.74) is 0. The molecule has 9 heteroatoms. The minimum absolute atomic E-state index is 0.145. The van der Waals surface area contributed by atoms with Gasteiger partial charge in [-0.25, -0.2) is 0 Å². The Morgan fingerprint density at radius 2 is 0.785 bits per heavy atom. The molecule has 0 aromatic rings. The predicted octanol–water partition coefficient (Wildman–Crippen LogP) is 17.5. The summed E-state index contributed by atoms with van der Waals surface area (Å²) in [4.78, 5) is 13.1. The molecule has 79 heavy (non-hydrogen) atoms. The van der Waals surface area contributed by atoms with Gasteiger partial charge >= 0.3 is 0 Å². The van der Waals surface area contributed by atoms with Crippen LogP contribution in [0.5, 0.6) is 0 Å². The van der Waals surface area contributed by atoms with E-state index in [9.17, 15) is 30.3 Å². The van der Waals surface area contributed by atoms with Crippen LogP contribution in [0.3, 0.4) is 0 Å². The molecule has 0 aromatic carbocycles. The van der Waals surface area contributed by atoms with Crippen molar-refractivity contribution in [2.24, 2.45) is 0 Å². The minimum atomic E-state index is -1.56. The van der Waals surface area contributed by atoms with Crippen molar-refractivity contribution in [3.63, 3.8) is 0 Å². The second kappa shape index (κ2) is 58.3. The van der Waals surface area contributed by atoms with Crippen LogP contribution in [0.25, 0.3) is 0 Å². The summed E-state index contributed by atoms with van der Waals surface area (Å²) in [6.07, 6.45) is 77.3. The Labute approximate surface area is 485 Å². The van der Waals surface area contributed by atoms with Crippen molar-refractivity contribution in [1.82, 2.24) is 5.32 Å². The van der Waals surface area contributed by atoms with E-state index in [-0.39, 0.29) is 12.5 Å². The number of aliphatic hydroxyl groups is 5. The van der Waals surface area contributed by atoms with Crippen molar-refractivity contribution in [1.29, 1.82) is 0 Å². The minimum Gasteiger partial charge on any atom is -0.394 e. The quantitative estimate of drug-likeness (QED) is 0.0261. The van der Waals surface area contributed by atoms with Gasteiger partial charge in [-0.05, 0) is 77.0 Å². The van der Waals surface area contributed by atoms with E-state index in [1.807, 2.05) is 0 Å². The number of amides is 1. The summed E-state index contributed by atoms with van der Waals surface area (Å²) in [7, 11) is 0. The van der Waals surface area contributed by atoms with Gasteiger partial charge in [0.2, 0.25) is 5.91 Å². The number of allylic oxidation sites excluding steroid dienone is 16.